The van der Waals surface area contributed by atoms with Gasteiger partial charge in [0.2, 0.25) is 0 Å². The van der Waals surface area contributed by atoms with E-state index < -0.39 is 15.7 Å². The Labute approximate surface area is 199 Å². The van der Waals surface area contributed by atoms with Gasteiger partial charge in [0.25, 0.3) is 10.1 Å². The van der Waals surface area contributed by atoms with E-state index >= 15 is 0 Å². The van der Waals surface area contributed by atoms with Crippen molar-refractivity contribution >= 4 is 26.7 Å². The molecule has 0 aliphatic carbocycles. The second-order valence-corrected chi connectivity index (χ2v) is 10.5. The highest BCUT2D eigenvalue weighted by molar-refractivity contribution is 7.85. The van der Waals surface area contributed by atoms with E-state index in [1.165, 1.54) is 0 Å². The molecule has 0 amide bonds. The van der Waals surface area contributed by atoms with Crippen LogP contribution in [0.2, 0.25) is 0 Å². The second-order valence-electron chi connectivity index (χ2n) is 9.01. The van der Waals surface area contributed by atoms with E-state index in [4.69, 9.17) is 4.74 Å². The number of hydrogen-bond acceptors (Lipinski definition) is 5. The van der Waals surface area contributed by atoms with Crippen molar-refractivity contribution in [2.75, 3.05) is 17.2 Å². The summed E-state index contributed by atoms with van der Waals surface area (Å²) in [6.07, 6.45) is 3.04. The van der Waals surface area contributed by atoms with Crippen molar-refractivity contribution in [3.63, 3.8) is 0 Å². The first-order valence-corrected chi connectivity index (χ1v) is 12.8. The Morgan fingerprint density at radius 1 is 1.00 bits per heavy atom. The van der Waals surface area contributed by atoms with E-state index in [0.717, 1.165) is 39.9 Å². The Morgan fingerprint density at radius 2 is 1.71 bits per heavy atom. The number of pyridine rings is 1. The molecule has 0 spiro atoms. The van der Waals surface area contributed by atoms with Crippen LogP contribution in [-0.2, 0) is 23.0 Å². The summed E-state index contributed by atoms with van der Waals surface area (Å²) in [5, 5.41) is 0.901. The maximum atomic E-state index is 12.0. The zero-order valence-corrected chi connectivity index (χ0v) is 19.7. The van der Waals surface area contributed by atoms with Gasteiger partial charge in [-0.3, -0.25) is 9.54 Å². The molecule has 1 N–H and O–H groups in total. The summed E-state index contributed by atoms with van der Waals surface area (Å²) < 4.78 is 39.8. The summed E-state index contributed by atoms with van der Waals surface area (Å²) in [5.41, 5.74) is 3.09. The Bertz CT molecular complexity index is 1430. The van der Waals surface area contributed by atoms with E-state index in [-0.39, 0.29) is 5.75 Å². The molecule has 0 radical (unpaired) electrons. The van der Waals surface area contributed by atoms with Crippen molar-refractivity contribution < 1.29 is 17.7 Å². The third-order valence-electron chi connectivity index (χ3n) is 6.32. The van der Waals surface area contributed by atoms with Crippen LogP contribution in [0.4, 0.5) is 5.69 Å². The Balaban J connectivity index is 1.58. The molecule has 5 rings (SSSR count). The molecule has 4 aromatic rings. The Morgan fingerprint density at radius 3 is 2.41 bits per heavy atom. The third kappa shape index (κ3) is 4.62. The Hall–Kier alpha value is -3.42. The van der Waals surface area contributed by atoms with Gasteiger partial charge in [-0.1, -0.05) is 48.5 Å². The molecule has 2 heterocycles. The molecular weight excluding hydrogens is 448 g/mol. The molecule has 1 aromatic heterocycles. The molecule has 1 aliphatic rings. The lowest BCUT2D eigenvalue weighted by atomic mass is 9.99. The summed E-state index contributed by atoms with van der Waals surface area (Å²) in [6, 6.07) is 25.4. The van der Waals surface area contributed by atoms with Crippen molar-refractivity contribution in [1.82, 2.24) is 4.98 Å². The lowest BCUT2D eigenvalue weighted by Crippen LogP contribution is -2.50. The van der Waals surface area contributed by atoms with Crippen LogP contribution >= 0.6 is 0 Å². The molecule has 0 saturated carbocycles. The van der Waals surface area contributed by atoms with Gasteiger partial charge in [0.05, 0.1) is 22.5 Å². The molecule has 0 fully saturated rings. The van der Waals surface area contributed by atoms with Crippen LogP contribution in [-0.4, -0.2) is 35.8 Å². The summed E-state index contributed by atoms with van der Waals surface area (Å²) in [7, 11) is -4.19. The van der Waals surface area contributed by atoms with E-state index in [0.29, 0.717) is 18.7 Å². The number of hydrogen-bond donors (Lipinski definition) is 1. The van der Waals surface area contributed by atoms with Crippen LogP contribution in [0.15, 0.2) is 85.1 Å². The standard InChI is InChI=1S/C27H26N2O4S/c1-27(19-34(30,31)32)17-21-18-28-25-13-12-23(33-22-10-6-3-7-11-22)16-24(25)26(21)29(27)15-14-20-8-4-2-5-9-20/h2-13,16,18H,14-15,17,19H2,1H3,(H,30,31,32). The highest BCUT2D eigenvalue weighted by Gasteiger charge is 2.43. The van der Waals surface area contributed by atoms with Gasteiger partial charge in [0.15, 0.2) is 0 Å². The number of ether oxygens (including phenoxy) is 1. The van der Waals surface area contributed by atoms with Gasteiger partial charge >= 0.3 is 0 Å². The van der Waals surface area contributed by atoms with Crippen molar-refractivity contribution in [3.8, 4) is 11.5 Å². The maximum Gasteiger partial charge on any atom is 0.267 e. The first-order valence-electron chi connectivity index (χ1n) is 11.2. The quantitative estimate of drug-likeness (QED) is 0.367. The highest BCUT2D eigenvalue weighted by Crippen LogP contribution is 2.44. The maximum absolute atomic E-state index is 12.0. The first-order chi connectivity index (χ1) is 16.3. The van der Waals surface area contributed by atoms with Crippen LogP contribution in [0.25, 0.3) is 10.9 Å². The molecule has 1 unspecified atom stereocenters. The summed E-state index contributed by atoms with van der Waals surface area (Å²) in [5.74, 6) is 1.06. The lowest BCUT2D eigenvalue weighted by Gasteiger charge is -2.37. The highest BCUT2D eigenvalue weighted by atomic mass is 32.2. The molecule has 1 atom stereocenters. The fourth-order valence-electron chi connectivity index (χ4n) is 4.90. The third-order valence-corrected chi connectivity index (χ3v) is 7.31. The van der Waals surface area contributed by atoms with Gasteiger partial charge < -0.3 is 9.64 Å². The van der Waals surface area contributed by atoms with E-state index in [2.05, 4.69) is 22.0 Å². The van der Waals surface area contributed by atoms with Gasteiger partial charge in [-0.15, -0.1) is 0 Å². The van der Waals surface area contributed by atoms with Gasteiger partial charge in [-0.25, -0.2) is 0 Å². The number of benzene rings is 3. The minimum absolute atomic E-state index is 0.356. The molecule has 34 heavy (non-hydrogen) atoms. The van der Waals surface area contributed by atoms with Gasteiger partial charge in [0.1, 0.15) is 11.5 Å². The fraction of sp³-hybridized carbons (Fsp3) is 0.222. The first kappa shape index (κ1) is 22.4. The molecule has 1 aliphatic heterocycles. The average molecular weight is 475 g/mol. The van der Waals surface area contributed by atoms with Gasteiger partial charge in [0, 0.05) is 24.5 Å². The predicted octanol–water partition coefficient (Wildman–Crippen LogP) is 5.28. The SMILES string of the molecule is CC1(CS(=O)(=O)O)Cc2cnc3ccc(Oc4ccccc4)cc3c2N1CCc1ccccc1. The fourth-order valence-corrected chi connectivity index (χ4v) is 5.94. The van der Waals surface area contributed by atoms with Crippen LogP contribution in [0.1, 0.15) is 18.1 Å². The summed E-state index contributed by atoms with van der Waals surface area (Å²) in [4.78, 5) is 6.75. The molecule has 174 valence electrons. The topological polar surface area (TPSA) is 79.7 Å². The van der Waals surface area contributed by atoms with Crippen molar-refractivity contribution in [1.29, 1.82) is 0 Å². The van der Waals surface area contributed by atoms with Gasteiger partial charge in [-0.05, 0) is 54.8 Å². The number of anilines is 1. The normalized spacial score (nSPS) is 17.6. The van der Waals surface area contributed by atoms with Crippen molar-refractivity contribution in [3.05, 3.63) is 96.2 Å². The largest absolute Gasteiger partial charge is 0.457 e. The number of nitrogens with zero attached hydrogens (tertiary/aromatic N) is 2. The van der Waals surface area contributed by atoms with Crippen molar-refractivity contribution in [2.45, 2.75) is 25.3 Å². The van der Waals surface area contributed by atoms with Crippen LogP contribution in [0.5, 0.6) is 11.5 Å². The number of aromatic nitrogens is 1. The van der Waals surface area contributed by atoms with E-state index in [9.17, 15) is 13.0 Å². The van der Waals surface area contributed by atoms with Crippen LogP contribution in [0, 0.1) is 0 Å². The number of para-hydroxylation sites is 1. The minimum atomic E-state index is -4.19. The zero-order valence-electron chi connectivity index (χ0n) is 18.9. The second kappa shape index (κ2) is 8.74. The van der Waals surface area contributed by atoms with E-state index in [1.807, 2.05) is 79.9 Å². The molecule has 3 aromatic carbocycles. The lowest BCUT2D eigenvalue weighted by molar-refractivity contribution is 0.437. The molecule has 0 bridgehead atoms. The van der Waals surface area contributed by atoms with Crippen LogP contribution in [0.3, 0.4) is 0 Å². The smallest absolute Gasteiger partial charge is 0.267 e. The molecular formula is C27H26N2O4S. The van der Waals surface area contributed by atoms with Crippen LogP contribution < -0.4 is 9.64 Å². The average Bonchev–Trinajstić information content (AvgIpc) is 3.08. The monoisotopic (exact) mass is 474 g/mol. The van der Waals surface area contributed by atoms with E-state index in [1.54, 1.807) is 0 Å². The number of fused-ring (bicyclic) bond motifs is 3. The van der Waals surface area contributed by atoms with Gasteiger partial charge in [-0.2, -0.15) is 8.42 Å². The molecule has 7 heteroatoms. The summed E-state index contributed by atoms with van der Waals surface area (Å²) >= 11 is 0. The molecule has 0 saturated heterocycles. The molecule has 6 nitrogen and oxygen atoms in total. The van der Waals surface area contributed by atoms with Crippen molar-refractivity contribution in [2.24, 2.45) is 0 Å². The zero-order chi connectivity index (χ0) is 23.8. The number of rotatable bonds is 7. The summed E-state index contributed by atoms with van der Waals surface area (Å²) in [6.45, 7) is 2.49. The minimum Gasteiger partial charge on any atom is -0.457 e. The Kier molecular flexibility index (Phi) is 5.75. The predicted molar refractivity (Wildman–Crippen MR) is 134 cm³/mol.